The maximum absolute atomic E-state index is 12.6. The van der Waals surface area contributed by atoms with E-state index in [0.717, 1.165) is 28.9 Å². The molecule has 0 aliphatic rings. The summed E-state index contributed by atoms with van der Waals surface area (Å²) in [4.78, 5) is 25.1. The van der Waals surface area contributed by atoms with Crippen LogP contribution in [0.2, 0.25) is 5.02 Å². The Morgan fingerprint density at radius 3 is 2.81 bits per heavy atom. The first-order valence-electron chi connectivity index (χ1n) is 8.63. The lowest BCUT2D eigenvalue weighted by atomic mass is 10.1. The zero-order valence-corrected chi connectivity index (χ0v) is 17.5. The van der Waals surface area contributed by atoms with E-state index in [9.17, 15) is 4.79 Å². The van der Waals surface area contributed by atoms with Gasteiger partial charge in [-0.3, -0.25) is 9.79 Å². The maximum atomic E-state index is 12.6. The normalized spacial score (nSPS) is 12.2. The molecule has 27 heavy (non-hydrogen) atoms. The molecule has 0 bridgehead atoms. The van der Waals surface area contributed by atoms with E-state index in [1.165, 1.54) is 23.1 Å². The number of nitrogens with two attached hydrogens (primary N) is 1. The van der Waals surface area contributed by atoms with Gasteiger partial charge in [-0.1, -0.05) is 49.3 Å². The summed E-state index contributed by atoms with van der Waals surface area (Å²) in [6.45, 7) is 5.03. The van der Waals surface area contributed by atoms with Gasteiger partial charge in [-0.25, -0.2) is 4.98 Å². The first kappa shape index (κ1) is 19.9. The van der Waals surface area contributed by atoms with Crippen LogP contribution < -0.4 is 11.3 Å². The number of nitrogens with zero attached hydrogens (tertiary/aromatic N) is 2. The molecule has 0 radical (unpaired) electrons. The minimum absolute atomic E-state index is 0.142. The lowest BCUT2D eigenvalue weighted by molar-refractivity contribution is 0.597. The summed E-state index contributed by atoms with van der Waals surface area (Å²) in [5.74, 6) is 1.68. The zero-order chi connectivity index (χ0) is 19.4. The van der Waals surface area contributed by atoms with Crippen LogP contribution in [0, 0.1) is 5.92 Å². The van der Waals surface area contributed by atoms with Crippen molar-refractivity contribution in [2.75, 3.05) is 6.54 Å². The van der Waals surface area contributed by atoms with Crippen molar-refractivity contribution in [1.82, 2.24) is 9.97 Å². The molecular formula is C19H21ClN4OS2. The summed E-state index contributed by atoms with van der Waals surface area (Å²) in [7, 11) is 0. The van der Waals surface area contributed by atoms with Gasteiger partial charge in [0, 0.05) is 22.5 Å². The van der Waals surface area contributed by atoms with Crippen molar-refractivity contribution in [3.63, 3.8) is 0 Å². The molecule has 0 saturated heterocycles. The lowest BCUT2D eigenvalue weighted by Crippen LogP contribution is -2.13. The quantitative estimate of drug-likeness (QED) is 0.438. The van der Waals surface area contributed by atoms with Crippen molar-refractivity contribution in [3.05, 3.63) is 50.8 Å². The first-order valence-corrected chi connectivity index (χ1v) is 10.9. The molecule has 0 unspecified atom stereocenters. The van der Waals surface area contributed by atoms with Gasteiger partial charge in [0.15, 0.2) is 5.17 Å². The number of benzene rings is 1. The number of amidine groups is 1. The molecule has 0 aliphatic carbocycles. The molecule has 2 heterocycles. The maximum Gasteiger partial charge on any atom is 0.260 e. The van der Waals surface area contributed by atoms with Gasteiger partial charge in [-0.15, -0.1) is 11.3 Å². The molecule has 0 aliphatic heterocycles. The van der Waals surface area contributed by atoms with E-state index in [1.54, 1.807) is 0 Å². The number of fused-ring (bicyclic) bond motifs is 1. The number of aromatic amines is 1. The number of hydrogen-bond donors (Lipinski definition) is 2. The molecule has 142 valence electrons. The summed E-state index contributed by atoms with van der Waals surface area (Å²) in [6, 6.07) is 7.44. The number of aromatic nitrogens is 2. The summed E-state index contributed by atoms with van der Waals surface area (Å²) in [6.07, 6.45) is 1.00. The standard InChI is InChI=1S/C19H21ClN4OS2/c1-11(2)7-8-22-19(21)27-10-15-23-17(25)16-14(9-26-18(16)24-15)12-3-5-13(20)6-4-12/h3-6,9,11H,7-8,10H2,1-2H3,(H2,21,22)(H,23,24,25). The van der Waals surface area contributed by atoms with Crippen LogP contribution in [0.5, 0.6) is 0 Å². The molecule has 8 heteroatoms. The highest BCUT2D eigenvalue weighted by Gasteiger charge is 2.13. The van der Waals surface area contributed by atoms with Crippen molar-refractivity contribution >= 4 is 50.1 Å². The molecule has 2 aromatic heterocycles. The highest BCUT2D eigenvalue weighted by molar-refractivity contribution is 8.13. The van der Waals surface area contributed by atoms with Crippen LogP contribution in [-0.4, -0.2) is 21.7 Å². The number of hydrogen-bond acceptors (Lipinski definition) is 5. The summed E-state index contributed by atoms with van der Waals surface area (Å²) >= 11 is 8.80. The number of thiophene rings is 1. The Labute approximate surface area is 171 Å². The van der Waals surface area contributed by atoms with Gasteiger partial charge < -0.3 is 10.7 Å². The Balaban J connectivity index is 1.78. The molecule has 1 aromatic carbocycles. The first-order chi connectivity index (χ1) is 12.9. The molecule has 3 rings (SSSR count). The van der Waals surface area contributed by atoms with E-state index in [2.05, 4.69) is 28.8 Å². The topological polar surface area (TPSA) is 84.1 Å². The van der Waals surface area contributed by atoms with E-state index >= 15 is 0 Å². The minimum atomic E-state index is -0.142. The van der Waals surface area contributed by atoms with E-state index in [0.29, 0.717) is 33.1 Å². The van der Waals surface area contributed by atoms with Crippen LogP contribution >= 0.6 is 34.7 Å². The summed E-state index contributed by atoms with van der Waals surface area (Å²) in [5, 5.41) is 3.74. The van der Waals surface area contributed by atoms with Crippen molar-refractivity contribution in [1.29, 1.82) is 0 Å². The molecular weight excluding hydrogens is 400 g/mol. The van der Waals surface area contributed by atoms with Crippen molar-refractivity contribution in [2.45, 2.75) is 26.0 Å². The van der Waals surface area contributed by atoms with Crippen LogP contribution in [0.4, 0.5) is 0 Å². The van der Waals surface area contributed by atoms with Crippen LogP contribution in [0.15, 0.2) is 39.4 Å². The molecule has 0 atom stereocenters. The SMILES string of the molecule is CC(C)CCN=C(N)SCc1nc2scc(-c3ccc(Cl)cc3)c2c(=O)[nH]1. The fourth-order valence-corrected chi connectivity index (χ4v) is 4.22. The molecule has 0 saturated carbocycles. The molecule has 0 fully saturated rings. The van der Waals surface area contributed by atoms with Crippen molar-refractivity contribution in [2.24, 2.45) is 16.6 Å². The number of aliphatic imine (C=N–C) groups is 1. The third-order valence-electron chi connectivity index (χ3n) is 3.98. The highest BCUT2D eigenvalue weighted by Crippen LogP contribution is 2.31. The molecule has 5 nitrogen and oxygen atoms in total. The number of thioether (sulfide) groups is 1. The predicted octanol–water partition coefficient (Wildman–Crippen LogP) is 4.90. The third kappa shape index (κ3) is 5.12. The Bertz CT molecular complexity index is 1010. The lowest BCUT2D eigenvalue weighted by Gasteiger charge is -2.04. The Morgan fingerprint density at radius 2 is 2.11 bits per heavy atom. The summed E-state index contributed by atoms with van der Waals surface area (Å²) < 4.78 is 0. The van der Waals surface area contributed by atoms with E-state index in [4.69, 9.17) is 17.3 Å². The minimum Gasteiger partial charge on any atom is -0.379 e. The second kappa shape index (κ2) is 8.91. The Morgan fingerprint density at radius 1 is 1.37 bits per heavy atom. The number of rotatable bonds is 6. The van der Waals surface area contributed by atoms with E-state index in [1.807, 2.05) is 29.6 Å². The Hall–Kier alpha value is -1.83. The average molecular weight is 421 g/mol. The van der Waals surface area contributed by atoms with E-state index < -0.39 is 0 Å². The van der Waals surface area contributed by atoms with Gasteiger partial charge in [-0.2, -0.15) is 0 Å². The number of H-pyrrole nitrogens is 1. The zero-order valence-electron chi connectivity index (χ0n) is 15.2. The van der Waals surface area contributed by atoms with Crippen molar-refractivity contribution < 1.29 is 0 Å². The third-order valence-corrected chi connectivity index (χ3v) is 5.95. The number of halogens is 1. The van der Waals surface area contributed by atoms with Gasteiger partial charge in [0.1, 0.15) is 10.7 Å². The van der Waals surface area contributed by atoms with Gasteiger partial charge in [-0.05, 0) is 30.0 Å². The van der Waals surface area contributed by atoms with Crippen LogP contribution in [0.1, 0.15) is 26.1 Å². The van der Waals surface area contributed by atoms with Gasteiger partial charge in [0.25, 0.3) is 5.56 Å². The van der Waals surface area contributed by atoms with Crippen LogP contribution in [-0.2, 0) is 5.75 Å². The van der Waals surface area contributed by atoms with Gasteiger partial charge >= 0.3 is 0 Å². The van der Waals surface area contributed by atoms with Gasteiger partial charge in [0.2, 0.25) is 0 Å². The highest BCUT2D eigenvalue weighted by atomic mass is 35.5. The van der Waals surface area contributed by atoms with E-state index in [-0.39, 0.29) is 5.56 Å². The smallest absolute Gasteiger partial charge is 0.260 e. The largest absolute Gasteiger partial charge is 0.379 e. The second-order valence-corrected chi connectivity index (χ2v) is 8.83. The van der Waals surface area contributed by atoms with Gasteiger partial charge in [0.05, 0.1) is 11.1 Å². The average Bonchev–Trinajstić information content (AvgIpc) is 3.05. The van der Waals surface area contributed by atoms with Crippen molar-refractivity contribution in [3.8, 4) is 11.1 Å². The molecule has 0 amide bonds. The Kier molecular flexibility index (Phi) is 6.57. The monoisotopic (exact) mass is 420 g/mol. The predicted molar refractivity (Wildman–Crippen MR) is 118 cm³/mol. The van der Waals surface area contributed by atoms with Crippen LogP contribution in [0.3, 0.4) is 0 Å². The number of nitrogens with one attached hydrogen (secondary N) is 1. The molecule has 3 N–H and O–H groups in total. The van der Waals surface area contributed by atoms with Crippen LogP contribution in [0.25, 0.3) is 21.3 Å². The molecule has 0 spiro atoms. The second-order valence-electron chi connectivity index (χ2n) is 6.54. The fraction of sp³-hybridized carbons (Fsp3) is 0.316. The fourth-order valence-electron chi connectivity index (χ4n) is 2.52. The molecule has 3 aromatic rings. The summed E-state index contributed by atoms with van der Waals surface area (Å²) in [5.41, 5.74) is 7.61.